The molecular weight excluding hydrogens is 408 g/mol. The summed E-state index contributed by atoms with van der Waals surface area (Å²) in [5.41, 5.74) is -1.23. The Morgan fingerprint density at radius 2 is 2.00 bits per heavy atom. The molecule has 4 nitrogen and oxygen atoms in total. The van der Waals surface area contributed by atoms with Crippen molar-refractivity contribution >= 4 is 33.3 Å². The second-order valence-electron chi connectivity index (χ2n) is 9.86. The Labute approximate surface area is 169 Å². The van der Waals surface area contributed by atoms with Crippen LogP contribution in [0.2, 0.25) is 0 Å². The van der Waals surface area contributed by atoms with Crippen molar-refractivity contribution in [1.29, 1.82) is 0 Å². The van der Waals surface area contributed by atoms with Gasteiger partial charge in [0, 0.05) is 24.2 Å². The van der Waals surface area contributed by atoms with E-state index in [0.29, 0.717) is 6.42 Å². The summed E-state index contributed by atoms with van der Waals surface area (Å²) in [4.78, 5) is 38.2. The quantitative estimate of drug-likeness (QED) is 0.670. The maximum atomic E-state index is 13.5. The SMILES string of the molecule is CC1C[C@H]2[C@@H]3CCC4=CC(=O)CC[C@]4(C)[C@H]3C(=O)C[C@]2(C)[C@@]1(O)C(=O)CBr. The van der Waals surface area contributed by atoms with Crippen molar-refractivity contribution in [2.45, 2.75) is 64.9 Å². The number of rotatable bonds is 2. The van der Waals surface area contributed by atoms with Crippen LogP contribution in [0.15, 0.2) is 11.6 Å². The van der Waals surface area contributed by atoms with E-state index in [1.54, 1.807) is 6.08 Å². The number of carbonyl (C=O) groups is 3. The van der Waals surface area contributed by atoms with Crippen molar-refractivity contribution in [2.24, 2.45) is 34.5 Å². The predicted octanol–water partition coefficient (Wildman–Crippen LogP) is 3.64. The molecule has 0 heterocycles. The first-order valence-electron chi connectivity index (χ1n) is 10.2. The molecule has 0 radical (unpaired) electrons. The summed E-state index contributed by atoms with van der Waals surface area (Å²) in [6.07, 6.45) is 5.82. The lowest BCUT2D eigenvalue weighted by molar-refractivity contribution is -0.171. The second kappa shape index (κ2) is 6.09. The summed E-state index contributed by atoms with van der Waals surface area (Å²) in [5, 5.41) is 11.7. The molecule has 0 bridgehead atoms. The van der Waals surface area contributed by atoms with E-state index in [9.17, 15) is 19.5 Å². The first-order valence-corrected chi connectivity index (χ1v) is 11.3. The monoisotopic (exact) mass is 436 g/mol. The Balaban J connectivity index is 1.78. The van der Waals surface area contributed by atoms with Crippen molar-refractivity contribution in [3.63, 3.8) is 0 Å². The van der Waals surface area contributed by atoms with Gasteiger partial charge in [0.2, 0.25) is 0 Å². The van der Waals surface area contributed by atoms with Crippen LogP contribution in [-0.2, 0) is 14.4 Å². The lowest BCUT2D eigenvalue weighted by atomic mass is 9.46. The second-order valence-corrected chi connectivity index (χ2v) is 10.4. The van der Waals surface area contributed by atoms with Crippen LogP contribution in [0.5, 0.6) is 0 Å². The van der Waals surface area contributed by atoms with Crippen LogP contribution in [0.25, 0.3) is 0 Å². The molecule has 0 aromatic heterocycles. The Morgan fingerprint density at radius 3 is 2.67 bits per heavy atom. The van der Waals surface area contributed by atoms with Crippen LogP contribution >= 0.6 is 15.9 Å². The molecular formula is C22H29BrO4. The van der Waals surface area contributed by atoms with Gasteiger partial charge in [0.1, 0.15) is 11.4 Å². The van der Waals surface area contributed by atoms with E-state index in [1.165, 1.54) is 0 Å². The van der Waals surface area contributed by atoms with E-state index >= 15 is 0 Å². The van der Waals surface area contributed by atoms with Gasteiger partial charge in [-0.05, 0) is 54.9 Å². The molecule has 3 fully saturated rings. The van der Waals surface area contributed by atoms with E-state index in [4.69, 9.17) is 0 Å². The fourth-order valence-electron chi connectivity index (χ4n) is 7.41. The molecule has 3 saturated carbocycles. The number of hydrogen-bond donors (Lipinski definition) is 1. The van der Waals surface area contributed by atoms with Gasteiger partial charge >= 0.3 is 0 Å². The lowest BCUT2D eigenvalue weighted by Gasteiger charge is -2.57. The van der Waals surface area contributed by atoms with Gasteiger partial charge in [0.25, 0.3) is 0 Å². The molecule has 27 heavy (non-hydrogen) atoms. The molecule has 5 heteroatoms. The van der Waals surface area contributed by atoms with E-state index in [2.05, 4.69) is 22.9 Å². The largest absolute Gasteiger partial charge is 0.381 e. The van der Waals surface area contributed by atoms with Gasteiger partial charge in [0.05, 0.1) is 5.33 Å². The van der Waals surface area contributed by atoms with Crippen molar-refractivity contribution in [3.8, 4) is 0 Å². The molecule has 1 N–H and O–H groups in total. The number of Topliss-reactive ketones (excluding diaryl/α,β-unsaturated/α-hetero) is 2. The van der Waals surface area contributed by atoms with Gasteiger partial charge in [-0.2, -0.15) is 0 Å². The van der Waals surface area contributed by atoms with Crippen LogP contribution in [0.1, 0.15) is 59.3 Å². The summed E-state index contributed by atoms with van der Waals surface area (Å²) >= 11 is 3.24. The fourth-order valence-corrected chi connectivity index (χ4v) is 7.84. The molecule has 0 amide bonds. The standard InChI is InChI=1S/C22H29BrO4/c1-12-8-16-15-5-4-13-9-14(24)6-7-20(13,2)19(15)17(25)10-21(16,3)22(12,27)18(26)11-23/h9,12,15-16,19,27H,4-8,10-11H2,1-3H3/t12?,15-,16-,19+,20-,21-,22-/m0/s1. The highest BCUT2D eigenvalue weighted by atomic mass is 79.9. The van der Waals surface area contributed by atoms with Gasteiger partial charge in [-0.15, -0.1) is 0 Å². The Morgan fingerprint density at radius 1 is 1.30 bits per heavy atom. The third-order valence-electron chi connectivity index (χ3n) is 8.78. The van der Waals surface area contributed by atoms with E-state index in [-0.39, 0.29) is 58.2 Å². The minimum Gasteiger partial charge on any atom is -0.381 e. The van der Waals surface area contributed by atoms with Crippen LogP contribution in [0, 0.1) is 34.5 Å². The number of aliphatic hydroxyl groups is 1. The smallest absolute Gasteiger partial charge is 0.175 e. The maximum Gasteiger partial charge on any atom is 0.175 e. The summed E-state index contributed by atoms with van der Waals surface area (Å²) in [7, 11) is 0. The average Bonchev–Trinajstić information content (AvgIpc) is 2.82. The molecule has 1 unspecified atom stereocenters. The molecule has 0 saturated heterocycles. The molecule has 0 aromatic rings. The molecule has 7 atom stereocenters. The fraction of sp³-hybridized carbons (Fsp3) is 0.773. The van der Waals surface area contributed by atoms with Gasteiger partial charge < -0.3 is 5.11 Å². The van der Waals surface area contributed by atoms with Gasteiger partial charge in [-0.25, -0.2) is 0 Å². The van der Waals surface area contributed by atoms with Gasteiger partial charge in [-0.3, -0.25) is 14.4 Å². The number of allylic oxidation sites excluding steroid dienone is 1. The first kappa shape index (κ1) is 19.5. The Kier molecular flexibility index (Phi) is 4.40. The van der Waals surface area contributed by atoms with Gasteiger partial charge in [-0.1, -0.05) is 42.3 Å². The first-order chi connectivity index (χ1) is 12.6. The third kappa shape index (κ3) is 2.33. The van der Waals surface area contributed by atoms with Crippen molar-refractivity contribution < 1.29 is 19.5 Å². The van der Waals surface area contributed by atoms with E-state index in [1.807, 2.05) is 13.8 Å². The topological polar surface area (TPSA) is 71.4 Å². The van der Waals surface area contributed by atoms with Crippen molar-refractivity contribution in [3.05, 3.63) is 11.6 Å². The number of fused-ring (bicyclic) bond motifs is 5. The molecule has 0 aromatic carbocycles. The van der Waals surface area contributed by atoms with Gasteiger partial charge in [0.15, 0.2) is 11.6 Å². The summed E-state index contributed by atoms with van der Waals surface area (Å²) in [6, 6.07) is 0. The number of alkyl halides is 1. The average molecular weight is 437 g/mol. The molecule has 4 rings (SSSR count). The van der Waals surface area contributed by atoms with Crippen molar-refractivity contribution in [2.75, 3.05) is 5.33 Å². The number of carbonyl (C=O) groups excluding carboxylic acids is 3. The lowest BCUT2D eigenvalue weighted by Crippen LogP contribution is -2.61. The molecule has 0 aliphatic heterocycles. The van der Waals surface area contributed by atoms with Crippen LogP contribution in [0.4, 0.5) is 0 Å². The van der Waals surface area contributed by atoms with Crippen LogP contribution < -0.4 is 0 Å². The molecule has 4 aliphatic carbocycles. The normalized spacial score (nSPS) is 49.1. The minimum absolute atomic E-state index is 0.0858. The number of ketones is 3. The van der Waals surface area contributed by atoms with E-state index in [0.717, 1.165) is 31.3 Å². The summed E-state index contributed by atoms with van der Waals surface area (Å²) in [6.45, 7) is 6.09. The zero-order chi connectivity index (χ0) is 19.8. The third-order valence-corrected chi connectivity index (χ3v) is 9.29. The minimum atomic E-state index is -1.44. The Hall–Kier alpha value is -0.810. The summed E-state index contributed by atoms with van der Waals surface area (Å²) < 4.78 is 0. The highest BCUT2D eigenvalue weighted by Gasteiger charge is 2.70. The molecule has 148 valence electrons. The molecule has 4 aliphatic rings. The predicted molar refractivity (Wildman–Crippen MR) is 105 cm³/mol. The summed E-state index contributed by atoms with van der Waals surface area (Å²) in [5.74, 6) is 0.276. The van der Waals surface area contributed by atoms with Crippen LogP contribution in [0.3, 0.4) is 0 Å². The number of halogens is 1. The highest BCUT2D eigenvalue weighted by molar-refractivity contribution is 9.09. The van der Waals surface area contributed by atoms with Crippen LogP contribution in [-0.4, -0.2) is 33.4 Å². The maximum absolute atomic E-state index is 13.5. The highest BCUT2D eigenvalue weighted by Crippen LogP contribution is 2.67. The Bertz CT molecular complexity index is 757. The van der Waals surface area contributed by atoms with Crippen molar-refractivity contribution in [1.82, 2.24) is 0 Å². The number of hydrogen-bond acceptors (Lipinski definition) is 4. The molecule has 0 spiro atoms. The van der Waals surface area contributed by atoms with E-state index < -0.39 is 11.0 Å². The zero-order valence-corrected chi connectivity index (χ0v) is 18.0. The zero-order valence-electron chi connectivity index (χ0n) is 16.4.